The number of anilines is 3. The topological polar surface area (TPSA) is 113 Å². The predicted molar refractivity (Wildman–Crippen MR) is 179 cm³/mol. The van der Waals surface area contributed by atoms with Crippen LogP contribution in [-0.4, -0.2) is 61.6 Å². The van der Waals surface area contributed by atoms with Gasteiger partial charge in [0.1, 0.15) is 23.6 Å². The number of piperidine rings is 1. The van der Waals surface area contributed by atoms with E-state index >= 15 is 4.39 Å². The number of halogens is 1. The molecule has 0 saturated carbocycles. The second-order valence-electron chi connectivity index (χ2n) is 12.5. The van der Waals surface area contributed by atoms with Crippen LogP contribution >= 0.6 is 0 Å². The van der Waals surface area contributed by atoms with Gasteiger partial charge in [0.05, 0.1) is 11.6 Å². The van der Waals surface area contributed by atoms with Gasteiger partial charge in [-0.2, -0.15) is 4.98 Å². The first-order valence-corrected chi connectivity index (χ1v) is 15.5. The number of nitrogens with zero attached hydrogens (tertiary/aromatic N) is 6. The molecule has 11 heteroatoms. The first kappa shape index (κ1) is 31.5. The van der Waals surface area contributed by atoms with Crippen molar-refractivity contribution in [2.24, 2.45) is 0 Å². The number of carbonyl (C=O) groups is 2. The monoisotopic (exact) mass is 633 g/mol. The second-order valence-corrected chi connectivity index (χ2v) is 12.5. The molecule has 0 bridgehead atoms. The highest BCUT2D eigenvalue weighted by atomic mass is 19.1. The lowest BCUT2D eigenvalue weighted by molar-refractivity contribution is 0.0196. The van der Waals surface area contributed by atoms with Crippen LogP contribution in [0.2, 0.25) is 0 Å². The average Bonchev–Trinajstić information content (AvgIpc) is 3.05. The fourth-order valence-corrected chi connectivity index (χ4v) is 5.77. The minimum absolute atomic E-state index is 0.127. The second kappa shape index (κ2) is 13.1. The Bertz CT molecular complexity index is 1920. The largest absolute Gasteiger partial charge is 0.444 e. The van der Waals surface area contributed by atoms with Crippen LogP contribution in [0.1, 0.15) is 49.5 Å². The Labute approximate surface area is 272 Å². The summed E-state index contributed by atoms with van der Waals surface area (Å²) in [6.07, 6.45) is 3.81. The van der Waals surface area contributed by atoms with E-state index in [4.69, 9.17) is 4.74 Å². The lowest BCUT2D eigenvalue weighted by atomic mass is 10.00. The number of rotatable bonds is 6. The van der Waals surface area contributed by atoms with E-state index in [1.165, 1.54) is 18.5 Å². The number of benzene rings is 3. The molecule has 10 nitrogen and oxygen atoms in total. The standard InChI is InChI=1S/C36H36FN7O3/c1-23-10-8-13-24-17-18-38-32(30(23)24)44(27-14-9-19-43(21-27)35(46)47-36(2,3)4)33(45)28-16-15-26(20-29(28)37)41-34-40-22-39-31(42-34)25-11-6-5-7-12-25/h5-8,10-13,15-18,20,22,27H,9,14,19,21H2,1-4H3,(H,39,40,41,42)/t27-/m1/s1. The molecule has 240 valence electrons. The van der Waals surface area contributed by atoms with Crippen molar-refractivity contribution in [2.45, 2.75) is 52.2 Å². The molecule has 47 heavy (non-hydrogen) atoms. The summed E-state index contributed by atoms with van der Waals surface area (Å²) in [7, 11) is 0. The van der Waals surface area contributed by atoms with Crippen LogP contribution in [0.5, 0.6) is 0 Å². The molecule has 0 spiro atoms. The molecule has 3 aromatic carbocycles. The zero-order chi connectivity index (χ0) is 33.1. The molecule has 0 aliphatic carbocycles. The molecule has 0 unspecified atom stereocenters. The van der Waals surface area contributed by atoms with Gasteiger partial charge in [-0.1, -0.05) is 48.5 Å². The van der Waals surface area contributed by atoms with Crippen LogP contribution in [-0.2, 0) is 4.74 Å². The molecular formula is C36H36FN7O3. The summed E-state index contributed by atoms with van der Waals surface area (Å²) in [6.45, 7) is 8.11. The Kier molecular flexibility index (Phi) is 8.80. The van der Waals surface area contributed by atoms with Gasteiger partial charge in [-0.05, 0) is 75.8 Å². The smallest absolute Gasteiger partial charge is 0.410 e. The number of hydrogen-bond donors (Lipinski definition) is 1. The first-order valence-electron chi connectivity index (χ1n) is 15.5. The van der Waals surface area contributed by atoms with E-state index in [0.29, 0.717) is 36.7 Å². The van der Waals surface area contributed by atoms with Gasteiger partial charge in [-0.3, -0.25) is 9.69 Å². The highest BCUT2D eigenvalue weighted by molar-refractivity contribution is 6.11. The minimum Gasteiger partial charge on any atom is -0.444 e. The summed E-state index contributed by atoms with van der Waals surface area (Å²) in [5.74, 6) is -0.156. The predicted octanol–water partition coefficient (Wildman–Crippen LogP) is 7.32. The van der Waals surface area contributed by atoms with Crippen LogP contribution in [0.3, 0.4) is 0 Å². The molecule has 5 aromatic rings. The number of nitrogens with one attached hydrogen (secondary N) is 1. The van der Waals surface area contributed by atoms with E-state index in [2.05, 4.69) is 25.3 Å². The Morgan fingerprint density at radius 1 is 1.00 bits per heavy atom. The number of pyridine rings is 1. The molecule has 1 aliphatic heterocycles. The summed E-state index contributed by atoms with van der Waals surface area (Å²) in [5, 5.41) is 4.71. The number of ether oxygens (including phenoxy) is 1. The van der Waals surface area contributed by atoms with Crippen LogP contribution in [0, 0.1) is 12.7 Å². The fraction of sp³-hybridized carbons (Fsp3) is 0.278. The number of aryl methyl sites for hydroxylation is 1. The molecule has 6 rings (SSSR count). The maximum Gasteiger partial charge on any atom is 0.410 e. The van der Waals surface area contributed by atoms with Gasteiger partial charge in [0.2, 0.25) is 5.95 Å². The highest BCUT2D eigenvalue weighted by Gasteiger charge is 2.36. The lowest BCUT2D eigenvalue weighted by Gasteiger charge is -2.39. The molecule has 2 aromatic heterocycles. The molecular weight excluding hydrogens is 597 g/mol. The molecule has 1 atom stereocenters. The number of aromatic nitrogens is 4. The quantitative estimate of drug-likeness (QED) is 0.207. The van der Waals surface area contributed by atoms with Crippen LogP contribution in [0.15, 0.2) is 85.3 Å². The number of carbonyl (C=O) groups excluding carboxylic acids is 2. The van der Waals surface area contributed by atoms with Crippen molar-refractivity contribution in [1.82, 2.24) is 24.8 Å². The first-order chi connectivity index (χ1) is 22.6. The van der Waals surface area contributed by atoms with Crippen molar-refractivity contribution >= 4 is 40.2 Å². The molecule has 1 N–H and O–H groups in total. The Morgan fingerprint density at radius 3 is 2.57 bits per heavy atom. The van der Waals surface area contributed by atoms with E-state index in [0.717, 1.165) is 21.9 Å². The summed E-state index contributed by atoms with van der Waals surface area (Å²) in [6, 6.07) is 21.0. The van der Waals surface area contributed by atoms with Crippen LogP contribution in [0.4, 0.5) is 26.6 Å². The number of likely N-dealkylation sites (tertiary alicyclic amines) is 1. The SMILES string of the molecule is Cc1cccc2ccnc(N(C(=O)c3ccc(Nc4ncnc(-c5ccccc5)n4)cc3F)[C@@H]3CCCN(C(=O)OC(C)(C)C)C3)c12. The maximum atomic E-state index is 15.9. The van der Waals surface area contributed by atoms with Gasteiger partial charge in [0, 0.05) is 35.9 Å². The van der Waals surface area contributed by atoms with Gasteiger partial charge < -0.3 is 15.0 Å². The van der Waals surface area contributed by atoms with Crippen molar-refractivity contribution in [3.8, 4) is 11.4 Å². The zero-order valence-corrected chi connectivity index (χ0v) is 26.8. The van der Waals surface area contributed by atoms with Gasteiger partial charge in [0.15, 0.2) is 5.82 Å². The van der Waals surface area contributed by atoms with Crippen molar-refractivity contribution in [3.05, 3.63) is 102 Å². The third-order valence-corrected chi connectivity index (χ3v) is 7.90. The van der Waals surface area contributed by atoms with Gasteiger partial charge >= 0.3 is 6.09 Å². The van der Waals surface area contributed by atoms with E-state index in [1.54, 1.807) is 22.1 Å². The van der Waals surface area contributed by atoms with Crippen molar-refractivity contribution in [2.75, 3.05) is 23.3 Å². The van der Waals surface area contributed by atoms with E-state index in [1.807, 2.05) is 82.3 Å². The van der Waals surface area contributed by atoms with E-state index in [-0.39, 0.29) is 18.1 Å². The van der Waals surface area contributed by atoms with Crippen LogP contribution < -0.4 is 10.2 Å². The number of fused-ring (bicyclic) bond motifs is 1. The summed E-state index contributed by atoms with van der Waals surface area (Å²) < 4.78 is 21.6. The zero-order valence-electron chi connectivity index (χ0n) is 26.8. The van der Waals surface area contributed by atoms with Gasteiger partial charge in [0.25, 0.3) is 5.91 Å². The van der Waals surface area contributed by atoms with E-state index < -0.39 is 29.5 Å². The van der Waals surface area contributed by atoms with Crippen molar-refractivity contribution in [3.63, 3.8) is 0 Å². The molecule has 1 fully saturated rings. The molecule has 1 saturated heterocycles. The normalized spacial score (nSPS) is 14.9. The summed E-state index contributed by atoms with van der Waals surface area (Å²) in [4.78, 5) is 48.2. The minimum atomic E-state index is -0.723. The number of amides is 2. The average molecular weight is 634 g/mol. The highest BCUT2D eigenvalue weighted by Crippen LogP contribution is 2.33. The summed E-state index contributed by atoms with van der Waals surface area (Å²) in [5.41, 5.74) is 1.31. The third kappa shape index (κ3) is 7.04. The Hall–Kier alpha value is -5.45. The maximum absolute atomic E-state index is 15.9. The molecule has 2 amide bonds. The number of hydrogen-bond acceptors (Lipinski definition) is 8. The van der Waals surface area contributed by atoms with Gasteiger partial charge in [-0.25, -0.2) is 24.1 Å². The van der Waals surface area contributed by atoms with Crippen LogP contribution in [0.25, 0.3) is 22.2 Å². The third-order valence-electron chi connectivity index (χ3n) is 7.90. The lowest BCUT2D eigenvalue weighted by Crippen LogP contribution is -2.53. The van der Waals surface area contributed by atoms with Crippen molar-refractivity contribution in [1.29, 1.82) is 0 Å². The molecule has 0 radical (unpaired) electrons. The molecule has 3 heterocycles. The van der Waals surface area contributed by atoms with Crippen molar-refractivity contribution < 1.29 is 18.7 Å². The van der Waals surface area contributed by atoms with Gasteiger partial charge in [-0.15, -0.1) is 0 Å². The Morgan fingerprint density at radius 2 is 1.81 bits per heavy atom. The fourth-order valence-electron chi connectivity index (χ4n) is 5.77. The Balaban J connectivity index is 1.33. The molecule has 1 aliphatic rings. The van der Waals surface area contributed by atoms with E-state index in [9.17, 15) is 9.59 Å². The summed E-state index contributed by atoms with van der Waals surface area (Å²) >= 11 is 0.